The number of nitrogens with zero attached hydrogens (tertiary/aromatic N) is 1. The number of ether oxygens (including phenoxy) is 1. The molecule has 0 aromatic rings. The third-order valence-corrected chi connectivity index (χ3v) is 1.46. The van der Waals surface area contributed by atoms with Crippen molar-refractivity contribution in [2.45, 2.75) is 0 Å². The van der Waals surface area contributed by atoms with Crippen LogP contribution in [0.15, 0.2) is 0 Å². The molecule has 0 heterocycles. The highest BCUT2D eigenvalue weighted by Crippen LogP contribution is 2.18. The number of quaternary nitrogens is 1. The van der Waals surface area contributed by atoms with Gasteiger partial charge in [0, 0.05) is 21.1 Å². The van der Waals surface area contributed by atoms with E-state index >= 15 is 0 Å². The molecule has 0 amide bonds. The third-order valence-electron chi connectivity index (χ3n) is 1.46. The number of rotatable bonds is 2. The SMILES string of the molecule is COC(=O)[B-](F)(F)[N+](C)(C)C. The lowest BCUT2D eigenvalue weighted by molar-refractivity contribution is -0.778. The molecule has 0 saturated carbocycles. The summed E-state index contributed by atoms with van der Waals surface area (Å²) in [5.74, 6) is -1.45. The predicted octanol–water partition coefficient (Wildman–Crippen LogP) is 0.919. The van der Waals surface area contributed by atoms with Crippen molar-refractivity contribution in [3.63, 3.8) is 0 Å². The molecule has 0 aromatic carbocycles. The van der Waals surface area contributed by atoms with Gasteiger partial charge in [-0.1, -0.05) is 0 Å². The molecule has 6 heteroatoms. The maximum atomic E-state index is 12.9. The monoisotopic (exact) mass is 167 g/mol. The van der Waals surface area contributed by atoms with Gasteiger partial charge in [0.05, 0.1) is 7.11 Å². The molecule has 0 aromatic heterocycles. The maximum absolute atomic E-state index is 12.9. The average Bonchev–Trinajstić information content (AvgIpc) is 1.83. The molecular weight excluding hydrogens is 155 g/mol. The number of carbonyl (C=O) groups excluding carboxylic acids is 1. The Balaban J connectivity index is 4.59. The second-order valence-corrected chi connectivity index (χ2v) is 3.26. The van der Waals surface area contributed by atoms with Gasteiger partial charge in [-0.05, 0) is 0 Å². The number of carbonyl (C=O) groups is 1. The van der Waals surface area contributed by atoms with Gasteiger partial charge in [0.2, 0.25) is 0 Å². The smallest absolute Gasteiger partial charge is 0.492 e. The Hall–Kier alpha value is -0.645. The highest BCUT2D eigenvalue weighted by molar-refractivity contribution is 6.89. The van der Waals surface area contributed by atoms with E-state index in [2.05, 4.69) is 4.74 Å². The van der Waals surface area contributed by atoms with Gasteiger partial charge in [-0.2, -0.15) is 0 Å². The largest absolute Gasteiger partial charge is 0.643 e. The van der Waals surface area contributed by atoms with Gasteiger partial charge >= 0.3 is 6.84 Å². The van der Waals surface area contributed by atoms with Gasteiger partial charge in [-0.15, -0.1) is 0 Å². The molecule has 0 radical (unpaired) electrons. The summed E-state index contributed by atoms with van der Waals surface area (Å²) in [4.78, 5) is 10.5. The van der Waals surface area contributed by atoms with Gasteiger partial charge in [0.1, 0.15) is 0 Å². The summed E-state index contributed by atoms with van der Waals surface area (Å²) in [6, 6.07) is 0. The van der Waals surface area contributed by atoms with E-state index in [0.29, 0.717) is 0 Å². The molecule has 0 aliphatic rings. The summed E-state index contributed by atoms with van der Waals surface area (Å²) in [5.41, 5.74) is 0. The summed E-state index contributed by atoms with van der Waals surface area (Å²) < 4.78 is 29.0. The van der Waals surface area contributed by atoms with E-state index in [-0.39, 0.29) is 0 Å². The van der Waals surface area contributed by atoms with E-state index in [1.54, 1.807) is 0 Å². The standard InChI is InChI=1S/C5H12BF2NO2/c1-9(2,3)6(7,8)5(10)11-4/h1-4H3. The molecule has 0 N–H and O–H groups in total. The first-order valence-corrected chi connectivity index (χ1v) is 3.14. The van der Waals surface area contributed by atoms with Crippen molar-refractivity contribution in [3.05, 3.63) is 0 Å². The van der Waals surface area contributed by atoms with E-state index in [1.807, 2.05) is 0 Å². The lowest BCUT2D eigenvalue weighted by Crippen LogP contribution is -2.61. The van der Waals surface area contributed by atoms with Gasteiger partial charge in [-0.25, -0.2) is 0 Å². The number of hydrogen-bond acceptors (Lipinski definition) is 2. The molecule has 0 aliphatic heterocycles. The lowest BCUT2D eigenvalue weighted by atomic mass is 9.76. The Morgan fingerprint density at radius 1 is 1.36 bits per heavy atom. The highest BCUT2D eigenvalue weighted by atomic mass is 19.2. The van der Waals surface area contributed by atoms with Crippen molar-refractivity contribution in [2.75, 3.05) is 28.3 Å². The van der Waals surface area contributed by atoms with Crippen LogP contribution in [0.1, 0.15) is 0 Å². The van der Waals surface area contributed by atoms with Crippen molar-refractivity contribution >= 4 is 12.7 Å². The minimum absolute atomic E-state index is 0.702. The number of halogens is 2. The Morgan fingerprint density at radius 3 is 1.82 bits per heavy atom. The van der Waals surface area contributed by atoms with Crippen molar-refractivity contribution in [1.82, 2.24) is 0 Å². The molecule has 0 atom stereocenters. The topological polar surface area (TPSA) is 26.3 Å². The Morgan fingerprint density at radius 2 is 1.73 bits per heavy atom. The van der Waals surface area contributed by atoms with Gasteiger partial charge in [-0.3, -0.25) is 4.79 Å². The quantitative estimate of drug-likeness (QED) is 0.571. The summed E-state index contributed by atoms with van der Waals surface area (Å²) in [7, 11) is 4.69. The molecule has 3 nitrogen and oxygen atoms in total. The molecule has 0 fully saturated rings. The van der Waals surface area contributed by atoms with E-state index in [0.717, 1.165) is 7.11 Å². The van der Waals surface area contributed by atoms with Crippen LogP contribution in [0.25, 0.3) is 0 Å². The maximum Gasteiger partial charge on any atom is 0.643 e. The molecule has 0 bridgehead atoms. The molecule has 0 spiro atoms. The van der Waals surface area contributed by atoms with Crippen LogP contribution in [0, 0.1) is 0 Å². The fraction of sp³-hybridized carbons (Fsp3) is 0.800. The molecule has 66 valence electrons. The molecule has 0 unspecified atom stereocenters. The first-order valence-electron chi connectivity index (χ1n) is 3.14. The van der Waals surface area contributed by atoms with Gasteiger partial charge < -0.3 is 17.8 Å². The summed E-state index contributed by atoms with van der Waals surface area (Å²) in [5, 5.41) is 0. The van der Waals surface area contributed by atoms with E-state index in [1.165, 1.54) is 21.1 Å². The van der Waals surface area contributed by atoms with Crippen LogP contribution in [-0.2, 0) is 4.74 Å². The normalized spacial score (nSPS) is 12.9. The zero-order chi connectivity index (χ0) is 9.28. The zero-order valence-electron chi connectivity index (χ0n) is 7.10. The molecule has 0 saturated heterocycles. The number of hydrogen-bond donors (Lipinski definition) is 0. The molecule has 11 heavy (non-hydrogen) atoms. The predicted molar refractivity (Wildman–Crippen MR) is 38.4 cm³/mol. The van der Waals surface area contributed by atoms with Crippen molar-refractivity contribution in [2.24, 2.45) is 0 Å². The molecule has 0 rings (SSSR count). The van der Waals surface area contributed by atoms with Crippen molar-refractivity contribution in [3.8, 4) is 0 Å². The summed E-state index contributed by atoms with van der Waals surface area (Å²) >= 11 is 0. The Bertz CT molecular complexity index is 166. The van der Waals surface area contributed by atoms with Crippen LogP contribution in [0.4, 0.5) is 13.4 Å². The minimum atomic E-state index is -4.13. The molecule has 0 aliphatic carbocycles. The summed E-state index contributed by atoms with van der Waals surface area (Å²) in [6.07, 6.45) is 0. The fourth-order valence-corrected chi connectivity index (χ4v) is 0.458. The second kappa shape index (κ2) is 2.77. The summed E-state index contributed by atoms with van der Waals surface area (Å²) in [6.45, 7) is -4.13. The van der Waals surface area contributed by atoms with E-state index < -0.39 is 17.1 Å². The highest BCUT2D eigenvalue weighted by Gasteiger charge is 2.51. The Kier molecular flexibility index (Phi) is 2.61. The van der Waals surface area contributed by atoms with Crippen LogP contribution in [0.5, 0.6) is 0 Å². The second-order valence-electron chi connectivity index (χ2n) is 3.26. The van der Waals surface area contributed by atoms with E-state index in [4.69, 9.17) is 0 Å². The van der Waals surface area contributed by atoms with Crippen molar-refractivity contribution < 1.29 is 22.6 Å². The third kappa shape index (κ3) is 1.89. The van der Waals surface area contributed by atoms with Crippen LogP contribution in [0.2, 0.25) is 0 Å². The van der Waals surface area contributed by atoms with Crippen LogP contribution in [-0.4, -0.2) is 45.4 Å². The van der Waals surface area contributed by atoms with E-state index in [9.17, 15) is 13.4 Å². The molecular formula is C5H12BF2NO2. The fourth-order valence-electron chi connectivity index (χ4n) is 0.458. The first kappa shape index (κ1) is 10.4. The minimum Gasteiger partial charge on any atom is -0.492 e. The average molecular weight is 167 g/mol. The van der Waals surface area contributed by atoms with Gasteiger partial charge in [0.25, 0.3) is 5.87 Å². The van der Waals surface area contributed by atoms with Crippen LogP contribution >= 0.6 is 0 Å². The zero-order valence-corrected chi connectivity index (χ0v) is 7.10. The Labute approximate surface area is 64.6 Å². The van der Waals surface area contributed by atoms with Crippen molar-refractivity contribution in [1.29, 1.82) is 0 Å². The van der Waals surface area contributed by atoms with Crippen LogP contribution < -0.4 is 0 Å². The first-order chi connectivity index (χ1) is 4.73. The van der Waals surface area contributed by atoms with Crippen LogP contribution in [0.3, 0.4) is 0 Å². The lowest BCUT2D eigenvalue weighted by Gasteiger charge is -2.39. The number of methoxy groups -OCH3 is 1. The van der Waals surface area contributed by atoms with Gasteiger partial charge in [0.15, 0.2) is 0 Å².